The van der Waals surface area contributed by atoms with E-state index in [2.05, 4.69) is 38.2 Å². The van der Waals surface area contributed by atoms with E-state index in [9.17, 15) is 13.6 Å². The number of amides is 1. The molecule has 0 saturated carbocycles. The Morgan fingerprint density at radius 3 is 2.58 bits per heavy atom. The summed E-state index contributed by atoms with van der Waals surface area (Å²) < 4.78 is 30.6. The first-order chi connectivity index (χ1) is 19.4. The maximum atomic E-state index is 14.8. The zero-order valence-electron chi connectivity index (χ0n) is 21.7. The monoisotopic (exact) mass is 649 g/mol. The van der Waals surface area contributed by atoms with E-state index in [0.717, 1.165) is 33.4 Å². The number of halogens is 3. The molecule has 1 amide bonds. The summed E-state index contributed by atoms with van der Waals surface area (Å²) in [6, 6.07) is 21.1. The van der Waals surface area contributed by atoms with E-state index in [1.165, 1.54) is 18.2 Å². The normalized spacial score (nSPS) is 16.1. The van der Waals surface area contributed by atoms with Crippen molar-refractivity contribution in [3.63, 3.8) is 0 Å². The number of carbonyl (C=O) groups is 1. The molecule has 6 rings (SSSR count). The highest BCUT2D eigenvalue weighted by molar-refractivity contribution is 14.1. The molecule has 0 radical (unpaired) electrons. The van der Waals surface area contributed by atoms with Gasteiger partial charge in [0.2, 0.25) is 0 Å². The fourth-order valence-electron chi connectivity index (χ4n) is 5.27. The first kappa shape index (κ1) is 26.5. The van der Waals surface area contributed by atoms with Crippen molar-refractivity contribution in [1.82, 2.24) is 15.2 Å². The molecule has 0 bridgehead atoms. The Bertz CT molecular complexity index is 1640. The molecular weight excluding hydrogens is 623 g/mol. The summed E-state index contributed by atoms with van der Waals surface area (Å²) >= 11 is 2.18. The van der Waals surface area contributed by atoms with Gasteiger partial charge < -0.3 is 15.5 Å². The van der Waals surface area contributed by atoms with Gasteiger partial charge in [-0.25, -0.2) is 13.8 Å². The summed E-state index contributed by atoms with van der Waals surface area (Å²) in [7, 11) is 1.92. The Kier molecular flexibility index (Phi) is 7.33. The SMILES string of the molecule is CNC1CCN(C(=O)c2cccc(Nc3ccc4c(n3)-c3ccc(I)cc3C(c3c(F)cccc3F)=NC4)c2)C1. The van der Waals surface area contributed by atoms with E-state index in [1.54, 1.807) is 0 Å². The van der Waals surface area contributed by atoms with Gasteiger partial charge in [0, 0.05) is 50.6 Å². The van der Waals surface area contributed by atoms with E-state index >= 15 is 0 Å². The van der Waals surface area contributed by atoms with Crippen LogP contribution in [0.5, 0.6) is 0 Å². The molecule has 0 aliphatic carbocycles. The number of likely N-dealkylation sites (tertiary alicyclic amines) is 1. The van der Waals surface area contributed by atoms with Crippen molar-refractivity contribution in [3.05, 3.63) is 110 Å². The molecule has 0 spiro atoms. The molecule has 1 unspecified atom stereocenters. The molecular formula is C31H26F2IN5O. The van der Waals surface area contributed by atoms with Gasteiger partial charge in [0.05, 0.1) is 23.5 Å². The third-order valence-electron chi connectivity index (χ3n) is 7.34. The Morgan fingerprint density at radius 1 is 1.00 bits per heavy atom. The molecule has 6 nitrogen and oxygen atoms in total. The average molecular weight is 649 g/mol. The second kappa shape index (κ2) is 11.1. The van der Waals surface area contributed by atoms with Crippen molar-refractivity contribution in [1.29, 1.82) is 0 Å². The second-order valence-electron chi connectivity index (χ2n) is 9.89. The smallest absolute Gasteiger partial charge is 0.253 e. The number of pyridine rings is 1. The summed E-state index contributed by atoms with van der Waals surface area (Å²) in [6.07, 6.45) is 0.939. The van der Waals surface area contributed by atoms with Crippen molar-refractivity contribution in [2.75, 3.05) is 25.5 Å². The van der Waals surface area contributed by atoms with Gasteiger partial charge in [-0.1, -0.05) is 24.3 Å². The minimum absolute atomic E-state index is 0.00451. The van der Waals surface area contributed by atoms with Crippen LogP contribution in [0.15, 0.2) is 77.8 Å². The number of likely N-dealkylation sites (N-methyl/N-ethyl adjacent to an activating group) is 1. The number of aromatic nitrogens is 1. The molecule has 4 aromatic rings. The summed E-state index contributed by atoms with van der Waals surface area (Å²) in [4.78, 5) is 24.5. The molecule has 2 N–H and O–H groups in total. The van der Waals surface area contributed by atoms with Crippen LogP contribution >= 0.6 is 22.6 Å². The highest BCUT2D eigenvalue weighted by atomic mass is 127. The van der Waals surface area contributed by atoms with Crippen LogP contribution in [0.4, 0.5) is 20.3 Å². The predicted octanol–water partition coefficient (Wildman–Crippen LogP) is 6.16. The second-order valence-corrected chi connectivity index (χ2v) is 11.1. The Hall–Kier alpha value is -3.70. The van der Waals surface area contributed by atoms with Gasteiger partial charge in [-0.05, 0) is 84.6 Å². The molecule has 40 heavy (non-hydrogen) atoms. The number of aliphatic imine (C=N–C) groups is 1. The molecule has 1 aromatic heterocycles. The number of carbonyl (C=O) groups excluding carboxylic acids is 1. The van der Waals surface area contributed by atoms with Gasteiger partial charge in [0.25, 0.3) is 5.91 Å². The van der Waals surface area contributed by atoms with Crippen LogP contribution in [0.25, 0.3) is 11.3 Å². The molecule has 1 saturated heterocycles. The summed E-state index contributed by atoms with van der Waals surface area (Å²) in [5.74, 6) is -0.723. The Balaban J connectivity index is 1.33. The van der Waals surface area contributed by atoms with Gasteiger partial charge in [-0.3, -0.25) is 9.79 Å². The van der Waals surface area contributed by atoms with Gasteiger partial charge in [-0.2, -0.15) is 0 Å². The lowest BCUT2D eigenvalue weighted by Gasteiger charge is -2.17. The first-order valence-electron chi connectivity index (χ1n) is 13.0. The minimum Gasteiger partial charge on any atom is -0.340 e. The molecule has 1 fully saturated rings. The van der Waals surface area contributed by atoms with E-state index in [4.69, 9.17) is 4.98 Å². The van der Waals surface area contributed by atoms with Crippen molar-refractivity contribution < 1.29 is 13.6 Å². The van der Waals surface area contributed by atoms with Gasteiger partial charge in [0.1, 0.15) is 17.5 Å². The maximum absolute atomic E-state index is 14.8. The zero-order chi connectivity index (χ0) is 27.8. The number of hydrogen-bond donors (Lipinski definition) is 2. The topological polar surface area (TPSA) is 69.6 Å². The Labute approximate surface area is 244 Å². The number of benzene rings is 3. The first-order valence-corrected chi connectivity index (χ1v) is 14.1. The van der Waals surface area contributed by atoms with Crippen LogP contribution in [0.3, 0.4) is 0 Å². The summed E-state index contributed by atoms with van der Waals surface area (Å²) in [6.45, 7) is 1.65. The van der Waals surface area contributed by atoms with E-state index in [1.807, 2.05) is 66.5 Å². The van der Waals surface area contributed by atoms with Crippen LogP contribution in [0, 0.1) is 15.2 Å². The molecule has 1 atom stereocenters. The van der Waals surface area contributed by atoms with Crippen LogP contribution in [-0.2, 0) is 6.54 Å². The zero-order valence-corrected chi connectivity index (χ0v) is 23.9. The standard InChI is InChI=1S/C31H26F2IN5O/c1-35-22-12-13-39(17-22)31(40)18-4-2-5-21(14-18)37-27-11-8-19-16-36-30(28-25(32)6-3-7-26(28)33)24-15-20(34)9-10-23(24)29(19)38-27/h2-11,14-15,22,35H,12-13,16-17H2,1H3,(H,37,38). The highest BCUT2D eigenvalue weighted by Crippen LogP contribution is 2.35. The van der Waals surface area contributed by atoms with E-state index in [-0.39, 0.29) is 23.7 Å². The predicted molar refractivity (Wildman–Crippen MR) is 161 cm³/mol. The van der Waals surface area contributed by atoms with E-state index in [0.29, 0.717) is 35.2 Å². The highest BCUT2D eigenvalue weighted by Gasteiger charge is 2.27. The molecule has 3 aromatic carbocycles. The number of nitrogens with one attached hydrogen (secondary N) is 2. The largest absolute Gasteiger partial charge is 0.340 e. The van der Waals surface area contributed by atoms with Gasteiger partial charge >= 0.3 is 0 Å². The lowest BCUT2D eigenvalue weighted by atomic mass is 9.94. The van der Waals surface area contributed by atoms with Crippen LogP contribution < -0.4 is 10.6 Å². The lowest BCUT2D eigenvalue weighted by molar-refractivity contribution is 0.0789. The number of nitrogens with zero attached hydrogens (tertiary/aromatic N) is 3. The van der Waals surface area contributed by atoms with E-state index < -0.39 is 11.6 Å². The number of anilines is 2. The maximum Gasteiger partial charge on any atom is 0.253 e. The van der Waals surface area contributed by atoms with Crippen LogP contribution in [-0.4, -0.2) is 47.7 Å². The van der Waals surface area contributed by atoms with Crippen LogP contribution in [0.1, 0.15) is 33.5 Å². The van der Waals surface area contributed by atoms with Crippen molar-refractivity contribution in [2.45, 2.75) is 19.0 Å². The minimum atomic E-state index is -0.658. The molecule has 202 valence electrons. The average Bonchev–Trinajstić information content (AvgIpc) is 3.39. The molecule has 2 aliphatic heterocycles. The quantitative estimate of drug-likeness (QED) is 0.254. The van der Waals surface area contributed by atoms with Crippen molar-refractivity contribution in [3.8, 4) is 11.3 Å². The number of hydrogen-bond acceptors (Lipinski definition) is 5. The lowest BCUT2D eigenvalue weighted by Crippen LogP contribution is -2.33. The van der Waals surface area contributed by atoms with Gasteiger partial charge in [-0.15, -0.1) is 0 Å². The molecule has 3 heterocycles. The van der Waals surface area contributed by atoms with Crippen molar-refractivity contribution in [2.24, 2.45) is 4.99 Å². The summed E-state index contributed by atoms with van der Waals surface area (Å²) in [5, 5.41) is 6.57. The van der Waals surface area contributed by atoms with Gasteiger partial charge in [0.15, 0.2) is 0 Å². The number of rotatable bonds is 5. The third kappa shape index (κ3) is 5.11. The number of fused-ring (bicyclic) bond motifs is 3. The summed E-state index contributed by atoms with van der Waals surface area (Å²) in [5.41, 5.74) is 4.38. The Morgan fingerprint density at radius 2 is 1.80 bits per heavy atom. The van der Waals surface area contributed by atoms with Crippen LogP contribution in [0.2, 0.25) is 0 Å². The third-order valence-corrected chi connectivity index (χ3v) is 8.01. The molecule has 9 heteroatoms. The van der Waals surface area contributed by atoms with Crippen molar-refractivity contribution >= 4 is 45.7 Å². The molecule has 2 aliphatic rings. The fraction of sp³-hybridized carbons (Fsp3) is 0.194. The fourth-order valence-corrected chi connectivity index (χ4v) is 5.76.